The third-order valence-electron chi connectivity index (χ3n) is 1.54. The molecule has 1 N–H and O–H groups in total. The summed E-state index contributed by atoms with van der Waals surface area (Å²) in [6.45, 7) is -0.0289. The van der Waals surface area contributed by atoms with Gasteiger partial charge in [0.2, 0.25) is 0 Å². The average molecular weight is 230 g/mol. The largest absolute Gasteiger partial charge is 0.467 e. The van der Waals surface area contributed by atoms with E-state index in [0.29, 0.717) is 0 Å². The summed E-state index contributed by atoms with van der Waals surface area (Å²) >= 11 is 0. The standard InChI is InChI=1S/C8H13F3O4/c1-7(13,6(12)14-2)5-15-4-3-8(9,10)11/h13H,3-5H2,1-2H3. The number of alkyl halides is 3. The van der Waals surface area contributed by atoms with Gasteiger partial charge in [0, 0.05) is 0 Å². The summed E-state index contributed by atoms with van der Waals surface area (Å²) in [6.07, 6.45) is -5.43. The van der Waals surface area contributed by atoms with E-state index < -0.39 is 37.4 Å². The number of aliphatic hydroxyl groups is 1. The molecular weight excluding hydrogens is 217 g/mol. The summed E-state index contributed by atoms with van der Waals surface area (Å²) in [5.74, 6) is -0.950. The lowest BCUT2D eigenvalue weighted by Gasteiger charge is -2.20. The van der Waals surface area contributed by atoms with Crippen molar-refractivity contribution >= 4 is 5.97 Å². The number of halogens is 3. The zero-order valence-electron chi connectivity index (χ0n) is 8.43. The zero-order chi connectivity index (χ0) is 12.1. The Morgan fingerprint density at radius 2 is 1.93 bits per heavy atom. The monoisotopic (exact) mass is 230 g/mol. The number of ether oxygens (including phenoxy) is 2. The van der Waals surface area contributed by atoms with Crippen LogP contribution in [0.5, 0.6) is 0 Å². The van der Waals surface area contributed by atoms with Crippen LogP contribution in [0.2, 0.25) is 0 Å². The SMILES string of the molecule is COC(=O)C(C)(O)COCCC(F)(F)F. The van der Waals surface area contributed by atoms with Crippen LogP contribution in [0.25, 0.3) is 0 Å². The minimum atomic E-state index is -4.31. The lowest BCUT2D eigenvalue weighted by Crippen LogP contribution is -2.41. The Balaban J connectivity index is 3.81. The van der Waals surface area contributed by atoms with Gasteiger partial charge in [0.25, 0.3) is 0 Å². The summed E-state index contributed by atoms with van der Waals surface area (Å²) in [4.78, 5) is 10.9. The first-order valence-electron chi connectivity index (χ1n) is 4.14. The molecule has 0 saturated carbocycles. The van der Waals surface area contributed by atoms with Gasteiger partial charge in [-0.2, -0.15) is 13.2 Å². The van der Waals surface area contributed by atoms with Crippen LogP contribution in [0.15, 0.2) is 0 Å². The van der Waals surface area contributed by atoms with Crippen molar-refractivity contribution in [1.29, 1.82) is 0 Å². The van der Waals surface area contributed by atoms with Gasteiger partial charge in [-0.15, -0.1) is 0 Å². The Morgan fingerprint density at radius 1 is 1.40 bits per heavy atom. The lowest BCUT2D eigenvalue weighted by atomic mass is 10.1. The minimum absolute atomic E-state index is 0.532. The molecule has 15 heavy (non-hydrogen) atoms. The van der Waals surface area contributed by atoms with Crippen LogP contribution in [0, 0.1) is 0 Å². The van der Waals surface area contributed by atoms with Crippen molar-refractivity contribution in [2.45, 2.75) is 25.1 Å². The average Bonchev–Trinajstić information content (AvgIpc) is 2.09. The molecule has 0 bridgehead atoms. The van der Waals surface area contributed by atoms with Crippen molar-refractivity contribution in [3.63, 3.8) is 0 Å². The molecule has 0 heterocycles. The van der Waals surface area contributed by atoms with Crippen molar-refractivity contribution in [2.75, 3.05) is 20.3 Å². The van der Waals surface area contributed by atoms with Crippen LogP contribution < -0.4 is 0 Å². The molecule has 1 atom stereocenters. The van der Waals surface area contributed by atoms with Gasteiger partial charge >= 0.3 is 12.1 Å². The van der Waals surface area contributed by atoms with Crippen molar-refractivity contribution in [3.8, 4) is 0 Å². The second-order valence-electron chi connectivity index (χ2n) is 3.18. The van der Waals surface area contributed by atoms with Crippen molar-refractivity contribution in [2.24, 2.45) is 0 Å². The fourth-order valence-corrected chi connectivity index (χ4v) is 0.738. The molecule has 4 nitrogen and oxygen atoms in total. The van der Waals surface area contributed by atoms with Crippen LogP contribution in [0.4, 0.5) is 13.2 Å². The summed E-state index contributed by atoms with van der Waals surface area (Å²) in [5, 5.41) is 9.33. The van der Waals surface area contributed by atoms with Crippen LogP contribution in [0.3, 0.4) is 0 Å². The predicted molar refractivity (Wildman–Crippen MR) is 44.1 cm³/mol. The third-order valence-corrected chi connectivity index (χ3v) is 1.54. The first kappa shape index (κ1) is 14.2. The maximum Gasteiger partial charge on any atom is 0.391 e. The first-order chi connectivity index (χ1) is 6.69. The van der Waals surface area contributed by atoms with E-state index >= 15 is 0 Å². The molecule has 0 aliphatic heterocycles. The molecule has 1 unspecified atom stereocenters. The quantitative estimate of drug-likeness (QED) is 0.562. The summed E-state index contributed by atoms with van der Waals surface area (Å²) in [5.41, 5.74) is -1.92. The Hall–Kier alpha value is -0.820. The number of methoxy groups -OCH3 is 1. The maximum absolute atomic E-state index is 11.7. The van der Waals surface area contributed by atoms with Gasteiger partial charge in [-0.25, -0.2) is 4.79 Å². The highest BCUT2D eigenvalue weighted by Gasteiger charge is 2.33. The summed E-state index contributed by atoms with van der Waals surface area (Å²) in [6, 6.07) is 0. The Bertz CT molecular complexity index is 212. The van der Waals surface area contributed by atoms with Crippen LogP contribution >= 0.6 is 0 Å². The molecule has 0 amide bonds. The van der Waals surface area contributed by atoms with E-state index in [4.69, 9.17) is 0 Å². The van der Waals surface area contributed by atoms with Gasteiger partial charge in [0.1, 0.15) is 0 Å². The molecule has 0 aliphatic carbocycles. The van der Waals surface area contributed by atoms with Crippen molar-refractivity contribution < 1.29 is 32.5 Å². The van der Waals surface area contributed by atoms with Crippen LogP contribution in [0.1, 0.15) is 13.3 Å². The molecule has 0 aromatic carbocycles. The Morgan fingerprint density at radius 3 is 2.33 bits per heavy atom. The molecular formula is C8H13F3O4. The smallest absolute Gasteiger partial charge is 0.391 e. The van der Waals surface area contributed by atoms with Gasteiger partial charge in [-0.05, 0) is 6.92 Å². The highest BCUT2D eigenvalue weighted by molar-refractivity contribution is 5.78. The van der Waals surface area contributed by atoms with E-state index in [1.165, 1.54) is 0 Å². The van der Waals surface area contributed by atoms with Gasteiger partial charge in [0.15, 0.2) is 5.60 Å². The molecule has 0 radical (unpaired) electrons. The topological polar surface area (TPSA) is 55.8 Å². The van der Waals surface area contributed by atoms with E-state index in [1.807, 2.05) is 0 Å². The number of hydrogen-bond acceptors (Lipinski definition) is 4. The Kier molecular flexibility index (Phi) is 5.02. The molecule has 7 heteroatoms. The predicted octanol–water partition coefficient (Wildman–Crippen LogP) is 0.879. The number of carbonyl (C=O) groups is 1. The number of esters is 1. The molecule has 0 aliphatic rings. The fraction of sp³-hybridized carbons (Fsp3) is 0.875. The van der Waals surface area contributed by atoms with Crippen molar-refractivity contribution in [3.05, 3.63) is 0 Å². The second kappa shape index (κ2) is 5.32. The van der Waals surface area contributed by atoms with Gasteiger partial charge in [0.05, 0.1) is 26.7 Å². The molecule has 0 spiro atoms. The number of rotatable bonds is 5. The molecule has 0 rings (SSSR count). The molecule has 0 fully saturated rings. The maximum atomic E-state index is 11.7. The molecule has 0 aromatic heterocycles. The van der Waals surface area contributed by atoms with E-state index in [0.717, 1.165) is 14.0 Å². The van der Waals surface area contributed by atoms with Gasteiger partial charge in [-0.1, -0.05) is 0 Å². The van der Waals surface area contributed by atoms with Crippen LogP contribution in [-0.2, 0) is 14.3 Å². The molecule has 90 valence electrons. The lowest BCUT2D eigenvalue weighted by molar-refractivity contribution is -0.170. The van der Waals surface area contributed by atoms with Gasteiger partial charge in [-0.3, -0.25) is 0 Å². The summed E-state index contributed by atoms with van der Waals surface area (Å²) in [7, 11) is 1.06. The van der Waals surface area contributed by atoms with E-state index in [1.54, 1.807) is 0 Å². The summed E-state index contributed by atoms with van der Waals surface area (Å²) < 4.78 is 43.7. The highest BCUT2D eigenvalue weighted by atomic mass is 19.4. The van der Waals surface area contributed by atoms with Crippen LogP contribution in [-0.4, -0.2) is 43.2 Å². The minimum Gasteiger partial charge on any atom is -0.467 e. The zero-order valence-corrected chi connectivity index (χ0v) is 8.43. The first-order valence-corrected chi connectivity index (χ1v) is 4.14. The van der Waals surface area contributed by atoms with E-state index in [-0.39, 0.29) is 0 Å². The third kappa shape index (κ3) is 6.29. The highest BCUT2D eigenvalue weighted by Crippen LogP contribution is 2.19. The second-order valence-corrected chi connectivity index (χ2v) is 3.18. The number of carbonyl (C=O) groups excluding carboxylic acids is 1. The van der Waals surface area contributed by atoms with E-state index in [2.05, 4.69) is 9.47 Å². The normalized spacial score (nSPS) is 15.9. The number of hydrogen-bond donors (Lipinski definition) is 1. The molecule has 0 aromatic rings. The molecule has 0 saturated heterocycles. The van der Waals surface area contributed by atoms with E-state index in [9.17, 15) is 23.1 Å². The van der Waals surface area contributed by atoms with Gasteiger partial charge < -0.3 is 14.6 Å². The fourth-order valence-electron chi connectivity index (χ4n) is 0.738. The Labute approximate surface area is 85.0 Å². The van der Waals surface area contributed by atoms with Crippen molar-refractivity contribution in [1.82, 2.24) is 0 Å².